The van der Waals surface area contributed by atoms with Gasteiger partial charge in [-0.2, -0.15) is 0 Å². The van der Waals surface area contributed by atoms with Crippen molar-refractivity contribution in [1.29, 1.82) is 0 Å². The Kier molecular flexibility index (Phi) is 11.2. The van der Waals surface area contributed by atoms with Crippen LogP contribution in [-0.4, -0.2) is 52.6 Å². The fourth-order valence-corrected chi connectivity index (χ4v) is 8.12. The third-order valence-corrected chi connectivity index (χ3v) is 10.7. The van der Waals surface area contributed by atoms with E-state index in [0.717, 1.165) is 51.6 Å². The standard InChI is InChI=1S/C31H58O5/c1-8-9-21(4)35-17-24-16-19(2)10-12-26(24)22(5)29(32)30(33)23(6)27-13-11-20(3)25-14-15-31(7,34)36-18-28(25)27/h19-30,32-34H,8-18H2,1-7H3/t19-,20-,21?,22?,23?,24?,25?,26+,27+,28?,29?,30?,31+/m1/s1. The van der Waals surface area contributed by atoms with Crippen molar-refractivity contribution in [2.24, 2.45) is 53.3 Å². The Balaban J connectivity index is 1.67. The summed E-state index contributed by atoms with van der Waals surface area (Å²) in [6.45, 7) is 16.4. The van der Waals surface area contributed by atoms with Crippen molar-refractivity contribution < 1.29 is 24.8 Å². The van der Waals surface area contributed by atoms with Crippen LogP contribution in [0.25, 0.3) is 0 Å². The van der Waals surface area contributed by atoms with E-state index in [-0.39, 0.29) is 17.9 Å². The molecule has 36 heavy (non-hydrogen) atoms. The molecule has 2 aliphatic carbocycles. The maximum atomic E-state index is 11.5. The average molecular weight is 511 g/mol. The van der Waals surface area contributed by atoms with Gasteiger partial charge in [0.15, 0.2) is 5.79 Å². The Bertz CT molecular complexity index is 653. The average Bonchev–Trinajstić information content (AvgIpc) is 3.00. The molecule has 3 aliphatic rings. The maximum absolute atomic E-state index is 11.5. The minimum absolute atomic E-state index is 0.00381. The smallest absolute Gasteiger partial charge is 0.162 e. The number of aliphatic hydroxyl groups excluding tert-OH is 2. The largest absolute Gasteiger partial charge is 0.390 e. The van der Waals surface area contributed by atoms with Gasteiger partial charge in [0.2, 0.25) is 0 Å². The molecule has 8 unspecified atom stereocenters. The summed E-state index contributed by atoms with van der Waals surface area (Å²) in [5, 5.41) is 33.6. The van der Waals surface area contributed by atoms with Crippen molar-refractivity contribution in [2.45, 2.75) is 130 Å². The summed E-state index contributed by atoms with van der Waals surface area (Å²) in [6.07, 6.45) is 8.30. The maximum Gasteiger partial charge on any atom is 0.162 e. The minimum Gasteiger partial charge on any atom is -0.390 e. The summed E-state index contributed by atoms with van der Waals surface area (Å²) in [4.78, 5) is 0. The van der Waals surface area contributed by atoms with E-state index in [9.17, 15) is 15.3 Å². The Labute approximate surface area is 221 Å². The second-order valence-electron chi connectivity index (χ2n) is 13.5. The Morgan fingerprint density at radius 3 is 2.22 bits per heavy atom. The third kappa shape index (κ3) is 7.46. The van der Waals surface area contributed by atoms with Gasteiger partial charge in [0, 0.05) is 6.42 Å². The van der Waals surface area contributed by atoms with Crippen molar-refractivity contribution >= 4 is 0 Å². The lowest BCUT2D eigenvalue weighted by Crippen LogP contribution is -2.48. The van der Waals surface area contributed by atoms with E-state index in [4.69, 9.17) is 9.47 Å². The molecule has 3 rings (SSSR count). The molecule has 0 amide bonds. The molecule has 5 nitrogen and oxygen atoms in total. The van der Waals surface area contributed by atoms with Crippen LogP contribution in [0, 0.1) is 53.3 Å². The first kappa shape index (κ1) is 30.3. The molecule has 3 fully saturated rings. The topological polar surface area (TPSA) is 79.2 Å². The van der Waals surface area contributed by atoms with E-state index in [1.54, 1.807) is 6.92 Å². The van der Waals surface area contributed by atoms with Crippen molar-refractivity contribution in [2.75, 3.05) is 13.2 Å². The number of rotatable bonds is 10. The highest BCUT2D eigenvalue weighted by Gasteiger charge is 2.47. The van der Waals surface area contributed by atoms with Crippen LogP contribution in [0.1, 0.15) is 106 Å². The molecule has 0 aromatic carbocycles. The van der Waals surface area contributed by atoms with Crippen LogP contribution in [0.15, 0.2) is 0 Å². The molecule has 1 aliphatic heterocycles. The first-order chi connectivity index (χ1) is 16.9. The zero-order chi connectivity index (χ0) is 26.6. The zero-order valence-corrected chi connectivity index (χ0v) is 24.4. The van der Waals surface area contributed by atoms with Crippen LogP contribution in [-0.2, 0) is 9.47 Å². The van der Waals surface area contributed by atoms with Gasteiger partial charge in [-0.25, -0.2) is 0 Å². The molecular weight excluding hydrogens is 452 g/mol. The van der Waals surface area contributed by atoms with Gasteiger partial charge in [0.05, 0.1) is 31.5 Å². The van der Waals surface area contributed by atoms with Gasteiger partial charge in [-0.15, -0.1) is 0 Å². The fraction of sp³-hybridized carbons (Fsp3) is 1.00. The third-order valence-electron chi connectivity index (χ3n) is 10.7. The molecule has 0 aromatic rings. The summed E-state index contributed by atoms with van der Waals surface area (Å²) < 4.78 is 12.2. The highest BCUT2D eigenvalue weighted by molar-refractivity contribution is 4.95. The van der Waals surface area contributed by atoms with E-state index < -0.39 is 18.0 Å². The molecule has 3 N–H and O–H groups in total. The van der Waals surface area contributed by atoms with Gasteiger partial charge in [0.25, 0.3) is 0 Å². The van der Waals surface area contributed by atoms with Crippen molar-refractivity contribution in [3.05, 3.63) is 0 Å². The molecule has 13 atom stereocenters. The first-order valence-electron chi connectivity index (χ1n) is 15.3. The molecule has 212 valence electrons. The minimum atomic E-state index is -1.05. The Hall–Kier alpha value is -0.200. The second kappa shape index (κ2) is 13.2. The van der Waals surface area contributed by atoms with Crippen LogP contribution >= 0.6 is 0 Å². The van der Waals surface area contributed by atoms with E-state index in [1.165, 1.54) is 6.42 Å². The highest BCUT2D eigenvalue weighted by atomic mass is 16.6. The molecule has 5 heteroatoms. The lowest BCUT2D eigenvalue weighted by molar-refractivity contribution is -0.198. The Morgan fingerprint density at radius 1 is 0.917 bits per heavy atom. The van der Waals surface area contributed by atoms with E-state index >= 15 is 0 Å². The van der Waals surface area contributed by atoms with Gasteiger partial charge in [0.1, 0.15) is 0 Å². The van der Waals surface area contributed by atoms with Gasteiger partial charge in [-0.05, 0) is 99.2 Å². The van der Waals surface area contributed by atoms with Crippen LogP contribution in [0.3, 0.4) is 0 Å². The van der Waals surface area contributed by atoms with Gasteiger partial charge < -0.3 is 24.8 Å². The number of hydrogen-bond acceptors (Lipinski definition) is 5. The van der Waals surface area contributed by atoms with Crippen LogP contribution in [0.4, 0.5) is 0 Å². The van der Waals surface area contributed by atoms with Crippen molar-refractivity contribution in [3.8, 4) is 0 Å². The molecule has 0 bridgehead atoms. The number of aliphatic hydroxyl groups is 3. The first-order valence-corrected chi connectivity index (χ1v) is 15.3. The molecule has 2 saturated carbocycles. The summed E-state index contributed by atoms with van der Waals surface area (Å²) in [7, 11) is 0. The normalized spacial score (nSPS) is 42.0. The van der Waals surface area contributed by atoms with Crippen molar-refractivity contribution in [3.63, 3.8) is 0 Å². The zero-order valence-electron chi connectivity index (χ0n) is 24.4. The summed E-state index contributed by atoms with van der Waals surface area (Å²) >= 11 is 0. The van der Waals surface area contributed by atoms with E-state index in [2.05, 4.69) is 41.5 Å². The quantitative estimate of drug-likeness (QED) is 0.334. The van der Waals surface area contributed by atoms with E-state index in [1.807, 2.05) is 0 Å². The van der Waals surface area contributed by atoms with Gasteiger partial charge in [-0.3, -0.25) is 0 Å². The highest BCUT2D eigenvalue weighted by Crippen LogP contribution is 2.48. The summed E-state index contributed by atoms with van der Waals surface area (Å²) in [5.74, 6) is 2.24. The molecule has 0 aromatic heterocycles. The van der Waals surface area contributed by atoms with E-state index in [0.29, 0.717) is 54.5 Å². The predicted molar refractivity (Wildman–Crippen MR) is 145 cm³/mol. The molecule has 0 spiro atoms. The number of hydrogen-bond donors (Lipinski definition) is 3. The SMILES string of the molecule is CCCC(C)OCC1C[C@H](C)CC[C@H]1C(C)C(O)C(O)C(C)[C@@H]1CC[C@@H](C)C2CC[C@@](C)(O)OCC21. The molecule has 1 saturated heterocycles. The fourth-order valence-electron chi connectivity index (χ4n) is 8.12. The Morgan fingerprint density at radius 2 is 1.56 bits per heavy atom. The molecular formula is C31H58O5. The van der Waals surface area contributed by atoms with Crippen LogP contribution in [0.2, 0.25) is 0 Å². The lowest BCUT2D eigenvalue weighted by Gasteiger charge is -2.46. The molecule has 1 heterocycles. The summed E-state index contributed by atoms with van der Waals surface area (Å²) in [5.41, 5.74) is 0. The monoisotopic (exact) mass is 510 g/mol. The van der Waals surface area contributed by atoms with Crippen LogP contribution < -0.4 is 0 Å². The van der Waals surface area contributed by atoms with Crippen LogP contribution in [0.5, 0.6) is 0 Å². The van der Waals surface area contributed by atoms with Gasteiger partial charge in [-0.1, -0.05) is 53.9 Å². The van der Waals surface area contributed by atoms with Gasteiger partial charge >= 0.3 is 0 Å². The number of fused-ring (bicyclic) bond motifs is 1. The summed E-state index contributed by atoms with van der Waals surface area (Å²) in [6, 6.07) is 0. The van der Waals surface area contributed by atoms with Crippen molar-refractivity contribution in [1.82, 2.24) is 0 Å². The number of ether oxygens (including phenoxy) is 2. The second-order valence-corrected chi connectivity index (χ2v) is 13.5. The predicted octanol–water partition coefficient (Wildman–Crippen LogP) is 6.04. The lowest BCUT2D eigenvalue weighted by atomic mass is 9.61. The molecule has 0 radical (unpaired) electrons.